The van der Waals surface area contributed by atoms with Gasteiger partial charge in [0.15, 0.2) is 5.58 Å². The van der Waals surface area contributed by atoms with Crippen LogP contribution < -0.4 is 0 Å². The standard InChI is InChI=1S/C51H31NO/c1-3-11-32(12-4-1)36-22-19-33-20-24-38(31-40(33)29-36)47-42-15-7-9-17-44(42)48(45-18-10-8-16-43(45)47)39-25-27-41-37(30-39)23-21-34-26-28-46-50(49(34)41)53-51(52-46)35-13-5-2-6-14-35/h1-31H. The van der Waals surface area contributed by atoms with Crippen molar-refractivity contribution in [2.45, 2.75) is 0 Å². The molecule has 0 aliphatic heterocycles. The third kappa shape index (κ3) is 4.77. The van der Waals surface area contributed by atoms with E-state index in [0.29, 0.717) is 5.89 Å². The molecule has 0 N–H and O–H groups in total. The van der Waals surface area contributed by atoms with Crippen LogP contribution in [0, 0.1) is 0 Å². The van der Waals surface area contributed by atoms with E-state index in [1.54, 1.807) is 0 Å². The van der Waals surface area contributed by atoms with Gasteiger partial charge in [0.25, 0.3) is 0 Å². The smallest absolute Gasteiger partial charge is 0.227 e. The van der Waals surface area contributed by atoms with Crippen molar-refractivity contribution >= 4 is 65.0 Å². The first kappa shape index (κ1) is 29.7. The first-order chi connectivity index (χ1) is 26.3. The fraction of sp³-hybridized carbons (Fsp3) is 0. The predicted octanol–water partition coefficient (Wildman–Crippen LogP) is 14.3. The van der Waals surface area contributed by atoms with Gasteiger partial charge in [-0.3, -0.25) is 0 Å². The van der Waals surface area contributed by atoms with Gasteiger partial charge in [0, 0.05) is 10.9 Å². The van der Waals surface area contributed by atoms with Gasteiger partial charge in [0.1, 0.15) is 5.52 Å². The Morgan fingerprint density at radius 1 is 0.321 bits per heavy atom. The second-order valence-corrected chi connectivity index (χ2v) is 13.9. The summed E-state index contributed by atoms with van der Waals surface area (Å²) in [6.07, 6.45) is 0. The van der Waals surface area contributed by atoms with E-state index in [1.165, 1.54) is 71.1 Å². The highest BCUT2D eigenvalue weighted by Crippen LogP contribution is 2.45. The monoisotopic (exact) mass is 673 g/mol. The molecule has 0 bridgehead atoms. The van der Waals surface area contributed by atoms with Gasteiger partial charge in [-0.1, -0.05) is 152 Å². The van der Waals surface area contributed by atoms with Crippen molar-refractivity contribution in [2.75, 3.05) is 0 Å². The molecule has 0 saturated carbocycles. The molecular formula is C51H31NO. The fourth-order valence-corrected chi connectivity index (χ4v) is 8.35. The Morgan fingerprint density at radius 2 is 0.811 bits per heavy atom. The summed E-state index contributed by atoms with van der Waals surface area (Å²) in [5.41, 5.74) is 10.0. The van der Waals surface area contributed by atoms with E-state index < -0.39 is 0 Å². The number of nitrogens with zero attached hydrogens (tertiary/aromatic N) is 1. The number of benzene rings is 10. The van der Waals surface area contributed by atoms with Crippen molar-refractivity contribution in [3.8, 4) is 44.8 Å². The molecule has 1 heterocycles. The summed E-state index contributed by atoms with van der Waals surface area (Å²) in [7, 11) is 0. The zero-order valence-corrected chi connectivity index (χ0v) is 28.8. The molecule has 10 aromatic carbocycles. The minimum absolute atomic E-state index is 0.641. The summed E-state index contributed by atoms with van der Waals surface area (Å²) in [5, 5.41) is 12.0. The van der Waals surface area contributed by atoms with Gasteiger partial charge >= 0.3 is 0 Å². The number of aromatic nitrogens is 1. The second kappa shape index (κ2) is 11.8. The lowest BCUT2D eigenvalue weighted by molar-refractivity contribution is 0.623. The summed E-state index contributed by atoms with van der Waals surface area (Å²) >= 11 is 0. The first-order valence-electron chi connectivity index (χ1n) is 18.1. The molecule has 0 unspecified atom stereocenters. The van der Waals surface area contributed by atoms with Crippen LogP contribution in [-0.2, 0) is 0 Å². The van der Waals surface area contributed by atoms with Crippen LogP contribution in [0.3, 0.4) is 0 Å². The zero-order chi connectivity index (χ0) is 34.9. The van der Waals surface area contributed by atoms with Crippen LogP contribution in [0.25, 0.3) is 110 Å². The molecule has 11 aromatic rings. The van der Waals surface area contributed by atoms with Crippen molar-refractivity contribution in [3.63, 3.8) is 0 Å². The molecule has 0 fully saturated rings. The summed E-state index contributed by atoms with van der Waals surface area (Å²) in [6, 6.07) is 67.8. The third-order valence-corrected chi connectivity index (χ3v) is 10.8. The largest absolute Gasteiger partial charge is 0.435 e. The van der Waals surface area contributed by atoms with Crippen molar-refractivity contribution < 1.29 is 4.42 Å². The Morgan fingerprint density at radius 3 is 1.47 bits per heavy atom. The molecule has 246 valence electrons. The lowest BCUT2D eigenvalue weighted by Crippen LogP contribution is -1.91. The van der Waals surface area contributed by atoms with Gasteiger partial charge in [-0.15, -0.1) is 0 Å². The number of hydrogen-bond acceptors (Lipinski definition) is 2. The van der Waals surface area contributed by atoms with Crippen LogP contribution in [0.4, 0.5) is 0 Å². The van der Waals surface area contributed by atoms with Crippen LogP contribution in [0.15, 0.2) is 192 Å². The van der Waals surface area contributed by atoms with Crippen molar-refractivity contribution in [3.05, 3.63) is 188 Å². The molecular weight excluding hydrogens is 643 g/mol. The summed E-state index contributed by atoms with van der Waals surface area (Å²) in [5.74, 6) is 0.641. The number of oxazole rings is 1. The van der Waals surface area contributed by atoms with Crippen molar-refractivity contribution in [1.29, 1.82) is 0 Å². The maximum Gasteiger partial charge on any atom is 0.227 e. The minimum Gasteiger partial charge on any atom is -0.435 e. The van der Waals surface area contributed by atoms with E-state index in [2.05, 4.69) is 158 Å². The fourth-order valence-electron chi connectivity index (χ4n) is 8.35. The second-order valence-electron chi connectivity index (χ2n) is 13.9. The Labute approximate surface area is 306 Å². The van der Waals surface area contributed by atoms with Crippen LogP contribution in [0.1, 0.15) is 0 Å². The van der Waals surface area contributed by atoms with Gasteiger partial charge in [0.2, 0.25) is 5.89 Å². The molecule has 0 amide bonds. The van der Waals surface area contributed by atoms with Crippen LogP contribution in [0.5, 0.6) is 0 Å². The third-order valence-electron chi connectivity index (χ3n) is 10.8. The normalized spacial score (nSPS) is 11.8. The SMILES string of the molecule is c1ccc(-c2ccc3ccc(-c4c5ccccc5c(-c5ccc6c(ccc7ccc8nc(-c9ccccc9)oc8c76)c5)c5ccccc45)cc3c2)cc1. The molecule has 0 radical (unpaired) electrons. The Bertz CT molecular complexity index is 3160. The lowest BCUT2D eigenvalue weighted by atomic mass is 9.85. The summed E-state index contributed by atoms with van der Waals surface area (Å²) < 4.78 is 6.51. The van der Waals surface area contributed by atoms with Crippen molar-refractivity contribution in [2.24, 2.45) is 0 Å². The molecule has 0 aliphatic carbocycles. The first-order valence-corrected chi connectivity index (χ1v) is 18.1. The highest BCUT2D eigenvalue weighted by molar-refractivity contribution is 6.23. The molecule has 0 saturated heterocycles. The summed E-state index contributed by atoms with van der Waals surface area (Å²) in [6.45, 7) is 0. The number of hydrogen-bond donors (Lipinski definition) is 0. The van der Waals surface area contributed by atoms with Gasteiger partial charge in [-0.2, -0.15) is 0 Å². The van der Waals surface area contributed by atoms with E-state index in [-0.39, 0.29) is 0 Å². The Balaban J connectivity index is 1.11. The van der Waals surface area contributed by atoms with E-state index in [0.717, 1.165) is 32.8 Å². The van der Waals surface area contributed by atoms with E-state index >= 15 is 0 Å². The van der Waals surface area contributed by atoms with Gasteiger partial charge < -0.3 is 4.42 Å². The molecule has 1 aromatic heterocycles. The van der Waals surface area contributed by atoms with Crippen LogP contribution in [-0.4, -0.2) is 4.98 Å². The van der Waals surface area contributed by atoms with Crippen molar-refractivity contribution in [1.82, 2.24) is 4.98 Å². The quantitative estimate of drug-likeness (QED) is 0.137. The molecule has 53 heavy (non-hydrogen) atoms. The average molecular weight is 674 g/mol. The number of rotatable bonds is 4. The average Bonchev–Trinajstić information content (AvgIpc) is 3.68. The highest BCUT2D eigenvalue weighted by Gasteiger charge is 2.19. The molecule has 0 aliphatic rings. The Hall–Kier alpha value is -7.03. The minimum atomic E-state index is 0.641. The van der Waals surface area contributed by atoms with E-state index in [1.807, 2.05) is 30.3 Å². The maximum absolute atomic E-state index is 6.51. The van der Waals surface area contributed by atoms with E-state index in [9.17, 15) is 0 Å². The topological polar surface area (TPSA) is 26.0 Å². The van der Waals surface area contributed by atoms with Gasteiger partial charge in [0.05, 0.1) is 0 Å². The molecule has 0 atom stereocenters. The highest BCUT2D eigenvalue weighted by atomic mass is 16.3. The summed E-state index contributed by atoms with van der Waals surface area (Å²) in [4.78, 5) is 4.87. The Kier molecular flexibility index (Phi) is 6.59. The molecule has 2 nitrogen and oxygen atoms in total. The zero-order valence-electron chi connectivity index (χ0n) is 28.8. The predicted molar refractivity (Wildman–Crippen MR) is 223 cm³/mol. The van der Waals surface area contributed by atoms with Crippen LogP contribution >= 0.6 is 0 Å². The van der Waals surface area contributed by atoms with Gasteiger partial charge in [-0.05, 0) is 118 Å². The molecule has 2 heteroatoms. The van der Waals surface area contributed by atoms with Gasteiger partial charge in [-0.25, -0.2) is 4.98 Å². The number of fused-ring (bicyclic) bond motifs is 8. The molecule has 11 rings (SSSR count). The van der Waals surface area contributed by atoms with Crippen LogP contribution in [0.2, 0.25) is 0 Å². The lowest BCUT2D eigenvalue weighted by Gasteiger charge is -2.18. The maximum atomic E-state index is 6.51. The molecule has 0 spiro atoms. The van der Waals surface area contributed by atoms with E-state index in [4.69, 9.17) is 9.40 Å².